The Morgan fingerprint density at radius 1 is 1.10 bits per heavy atom. The molecule has 0 saturated heterocycles. The Morgan fingerprint density at radius 3 is 2.63 bits per heavy atom. The highest BCUT2D eigenvalue weighted by Crippen LogP contribution is 2.43. The van der Waals surface area contributed by atoms with Gasteiger partial charge >= 0.3 is 5.69 Å². The van der Waals surface area contributed by atoms with Crippen molar-refractivity contribution < 1.29 is 0 Å². The molecule has 0 amide bonds. The lowest BCUT2D eigenvalue weighted by atomic mass is 10.1. The van der Waals surface area contributed by atoms with E-state index in [0.717, 1.165) is 48.2 Å². The third-order valence-electron chi connectivity index (χ3n) is 6.13. The van der Waals surface area contributed by atoms with Crippen molar-refractivity contribution in [2.75, 3.05) is 0 Å². The molecule has 0 radical (unpaired) electrons. The second-order valence-corrected chi connectivity index (χ2v) is 9.29. The molecular weight excluding hydrogens is 400 g/mol. The van der Waals surface area contributed by atoms with Crippen molar-refractivity contribution in [2.24, 2.45) is 5.92 Å². The summed E-state index contributed by atoms with van der Waals surface area (Å²) in [6.45, 7) is 7.73. The average Bonchev–Trinajstić information content (AvgIpc) is 3.25. The second kappa shape index (κ2) is 6.94. The highest BCUT2D eigenvalue weighted by atomic mass is 35.5. The van der Waals surface area contributed by atoms with Gasteiger partial charge in [0.1, 0.15) is 11.0 Å². The molecule has 1 fully saturated rings. The molecule has 0 unspecified atom stereocenters. The summed E-state index contributed by atoms with van der Waals surface area (Å²) in [6, 6.07) is 5.68. The summed E-state index contributed by atoms with van der Waals surface area (Å²) < 4.78 is 5.89. The number of fused-ring (bicyclic) bond motifs is 2. The van der Waals surface area contributed by atoms with Gasteiger partial charge in [-0.25, -0.2) is 14.8 Å². The first-order chi connectivity index (χ1) is 14.4. The van der Waals surface area contributed by atoms with Crippen LogP contribution in [0.15, 0.2) is 35.4 Å². The Bertz CT molecular complexity index is 1310. The van der Waals surface area contributed by atoms with Crippen molar-refractivity contribution in [3.8, 4) is 0 Å². The molecule has 4 aromatic rings. The molecule has 0 spiro atoms. The summed E-state index contributed by atoms with van der Waals surface area (Å²) >= 11 is 6.10. The van der Waals surface area contributed by atoms with Crippen LogP contribution >= 0.6 is 11.6 Å². The van der Waals surface area contributed by atoms with Crippen LogP contribution in [-0.2, 0) is 18.6 Å². The van der Waals surface area contributed by atoms with E-state index in [0.29, 0.717) is 23.3 Å². The maximum atomic E-state index is 13.5. The molecule has 1 aliphatic carbocycles. The summed E-state index contributed by atoms with van der Waals surface area (Å²) in [7, 11) is 0. The van der Waals surface area contributed by atoms with E-state index in [-0.39, 0.29) is 11.2 Å². The van der Waals surface area contributed by atoms with E-state index < -0.39 is 0 Å². The van der Waals surface area contributed by atoms with Crippen LogP contribution in [0, 0.1) is 5.92 Å². The first-order valence-electron chi connectivity index (χ1n) is 10.4. The van der Waals surface area contributed by atoms with Gasteiger partial charge in [-0.1, -0.05) is 25.4 Å². The van der Waals surface area contributed by atoms with Gasteiger partial charge in [-0.3, -0.25) is 14.1 Å². The van der Waals surface area contributed by atoms with E-state index >= 15 is 0 Å². The fourth-order valence-corrected chi connectivity index (χ4v) is 4.26. The molecule has 0 N–H and O–H groups in total. The molecule has 8 heteroatoms. The number of aromatic nitrogens is 6. The van der Waals surface area contributed by atoms with Crippen LogP contribution in [0.25, 0.3) is 22.2 Å². The molecule has 0 aliphatic heterocycles. The normalized spacial score (nSPS) is 15.5. The highest BCUT2D eigenvalue weighted by molar-refractivity contribution is 6.29. The molecule has 7 nitrogen and oxygen atoms in total. The maximum Gasteiger partial charge on any atom is 0.330 e. The molecule has 4 aromatic heterocycles. The van der Waals surface area contributed by atoms with Crippen LogP contribution in [0.3, 0.4) is 0 Å². The highest BCUT2D eigenvalue weighted by Gasteiger charge is 2.42. The van der Waals surface area contributed by atoms with E-state index in [1.54, 1.807) is 23.0 Å². The third kappa shape index (κ3) is 3.12. The minimum absolute atomic E-state index is 0.00791. The smallest absolute Gasteiger partial charge is 0.325 e. The standard InChI is InChI=1S/C22H25ClN6O/c1-14(2)7-11-27-16-4-5-18(23)25-20(16)26-19(27)13-28-17-12-24-10-6-15(17)29(21(28)30)22(3)8-9-22/h4-6,10,12,14H,7-9,11,13H2,1-3H3. The van der Waals surface area contributed by atoms with Gasteiger partial charge in [-0.05, 0) is 50.3 Å². The molecule has 0 bridgehead atoms. The van der Waals surface area contributed by atoms with Gasteiger partial charge in [0, 0.05) is 18.3 Å². The number of halogens is 1. The van der Waals surface area contributed by atoms with Gasteiger partial charge in [-0.2, -0.15) is 0 Å². The van der Waals surface area contributed by atoms with E-state index in [1.165, 1.54) is 0 Å². The number of hydrogen-bond acceptors (Lipinski definition) is 4. The molecule has 0 atom stereocenters. The van der Waals surface area contributed by atoms with Gasteiger partial charge < -0.3 is 4.57 Å². The first kappa shape index (κ1) is 19.3. The lowest BCUT2D eigenvalue weighted by Crippen LogP contribution is -2.31. The monoisotopic (exact) mass is 424 g/mol. The van der Waals surface area contributed by atoms with E-state index in [9.17, 15) is 4.79 Å². The number of hydrogen-bond donors (Lipinski definition) is 0. The zero-order chi connectivity index (χ0) is 21.0. The van der Waals surface area contributed by atoms with Crippen molar-refractivity contribution in [1.29, 1.82) is 0 Å². The van der Waals surface area contributed by atoms with Crippen LogP contribution in [0.2, 0.25) is 5.15 Å². The fraction of sp³-hybridized carbons (Fsp3) is 0.455. The summed E-state index contributed by atoms with van der Waals surface area (Å²) in [6.07, 6.45) is 6.57. The van der Waals surface area contributed by atoms with Crippen LogP contribution in [0.4, 0.5) is 0 Å². The minimum atomic E-state index is -0.102. The molecular formula is C22H25ClN6O. The van der Waals surface area contributed by atoms with Crippen LogP contribution < -0.4 is 5.69 Å². The van der Waals surface area contributed by atoms with E-state index in [1.807, 2.05) is 16.7 Å². The Labute approximate surface area is 179 Å². The van der Waals surface area contributed by atoms with E-state index in [4.69, 9.17) is 16.6 Å². The average molecular weight is 425 g/mol. The zero-order valence-electron chi connectivity index (χ0n) is 17.5. The van der Waals surface area contributed by atoms with Crippen LogP contribution in [0.5, 0.6) is 0 Å². The second-order valence-electron chi connectivity index (χ2n) is 8.90. The van der Waals surface area contributed by atoms with Gasteiger partial charge in [-0.15, -0.1) is 0 Å². The summed E-state index contributed by atoms with van der Waals surface area (Å²) in [5.74, 6) is 1.37. The number of pyridine rings is 2. The molecule has 5 rings (SSSR count). The lowest BCUT2D eigenvalue weighted by Gasteiger charge is -2.12. The van der Waals surface area contributed by atoms with Gasteiger partial charge in [0.15, 0.2) is 5.65 Å². The maximum absolute atomic E-state index is 13.5. The quantitative estimate of drug-likeness (QED) is 0.435. The molecule has 0 aromatic carbocycles. The fourth-order valence-electron chi connectivity index (χ4n) is 4.11. The molecule has 156 valence electrons. The molecule has 4 heterocycles. The zero-order valence-corrected chi connectivity index (χ0v) is 18.2. The first-order valence-corrected chi connectivity index (χ1v) is 10.8. The van der Waals surface area contributed by atoms with Gasteiger partial charge in [0.25, 0.3) is 0 Å². The number of nitrogens with zero attached hydrogens (tertiary/aromatic N) is 6. The largest absolute Gasteiger partial charge is 0.330 e. The van der Waals surface area contributed by atoms with Crippen LogP contribution in [-0.4, -0.2) is 28.7 Å². The van der Waals surface area contributed by atoms with Crippen molar-refractivity contribution in [2.45, 2.75) is 58.7 Å². The Morgan fingerprint density at radius 2 is 1.90 bits per heavy atom. The van der Waals surface area contributed by atoms with Crippen molar-refractivity contribution >= 4 is 33.8 Å². The minimum Gasteiger partial charge on any atom is -0.325 e. The molecule has 1 saturated carbocycles. The number of aryl methyl sites for hydroxylation is 1. The van der Waals surface area contributed by atoms with Crippen LogP contribution in [0.1, 0.15) is 45.9 Å². The Hall–Kier alpha value is -2.67. The summed E-state index contributed by atoms with van der Waals surface area (Å²) in [4.78, 5) is 26.9. The van der Waals surface area contributed by atoms with E-state index in [2.05, 4.69) is 35.3 Å². The SMILES string of the molecule is CC(C)CCn1c(Cn2c(=O)n(C3(C)CC3)c3ccncc32)nc2nc(Cl)ccc21. The number of rotatable bonds is 6. The van der Waals surface area contributed by atoms with Crippen molar-refractivity contribution in [1.82, 2.24) is 28.7 Å². The molecule has 30 heavy (non-hydrogen) atoms. The van der Waals surface area contributed by atoms with Crippen molar-refractivity contribution in [3.05, 3.63) is 52.1 Å². The van der Waals surface area contributed by atoms with Crippen molar-refractivity contribution in [3.63, 3.8) is 0 Å². The Kier molecular flexibility index (Phi) is 4.47. The topological polar surface area (TPSA) is 70.5 Å². The van der Waals surface area contributed by atoms with Gasteiger partial charge in [0.05, 0.1) is 29.3 Å². The summed E-state index contributed by atoms with van der Waals surface area (Å²) in [5, 5.41) is 0.419. The molecule has 1 aliphatic rings. The predicted molar refractivity (Wildman–Crippen MR) is 118 cm³/mol. The lowest BCUT2D eigenvalue weighted by molar-refractivity contribution is 0.496. The predicted octanol–water partition coefficient (Wildman–Crippen LogP) is 4.20. The van der Waals surface area contributed by atoms with Gasteiger partial charge in [0.2, 0.25) is 0 Å². The Balaban J connectivity index is 1.66. The third-order valence-corrected chi connectivity index (χ3v) is 6.34. The summed E-state index contributed by atoms with van der Waals surface area (Å²) in [5.41, 5.74) is 3.22. The number of imidazole rings is 2.